The van der Waals surface area contributed by atoms with E-state index >= 15 is 0 Å². The number of aromatic nitrogens is 2. The minimum absolute atomic E-state index is 0.130. The van der Waals surface area contributed by atoms with E-state index in [9.17, 15) is 14.4 Å². The number of carbonyl (C=O) groups excluding carboxylic acids is 3. The van der Waals surface area contributed by atoms with Crippen molar-refractivity contribution in [1.29, 1.82) is 0 Å². The highest BCUT2D eigenvalue weighted by Gasteiger charge is 2.41. The number of hydrogen-bond donors (Lipinski definition) is 4. The van der Waals surface area contributed by atoms with Gasteiger partial charge in [0.2, 0.25) is 18.2 Å². The topological polar surface area (TPSA) is 144 Å². The maximum absolute atomic E-state index is 11.4. The summed E-state index contributed by atoms with van der Waals surface area (Å²) in [5.41, 5.74) is 8.62. The largest absolute Gasteiger partial charge is 0.370 e. The van der Waals surface area contributed by atoms with Crippen LogP contribution in [0, 0.1) is 0 Å². The Bertz CT molecular complexity index is 402. The van der Waals surface area contributed by atoms with Gasteiger partial charge in [0.1, 0.15) is 0 Å². The summed E-state index contributed by atoms with van der Waals surface area (Å²) in [4.78, 5) is 32.8. The van der Waals surface area contributed by atoms with E-state index in [0.717, 1.165) is 0 Å². The Kier molecular flexibility index (Phi) is 3.24. The predicted octanol–water partition coefficient (Wildman–Crippen LogP) is -2.29. The summed E-state index contributed by atoms with van der Waals surface area (Å²) >= 11 is 0. The minimum Gasteiger partial charge on any atom is -0.370 e. The first kappa shape index (κ1) is 11.7. The van der Waals surface area contributed by atoms with Gasteiger partial charge in [-0.05, 0) is 6.07 Å². The highest BCUT2D eigenvalue weighted by molar-refractivity contribution is 5.92. The van der Waals surface area contributed by atoms with E-state index in [-0.39, 0.29) is 12.1 Å². The Morgan fingerprint density at radius 2 is 2.25 bits per heavy atom. The standard InChI is InChI=1S/C8H11N5O3/c9-6(15)3-8(7(10)16,11-4-14)5-1-2-12-13-5/h1-2,4H,3H2,(H2,9,15)(H2,10,16)(H,11,14)(H,12,13). The third kappa shape index (κ3) is 2.00. The summed E-state index contributed by atoms with van der Waals surface area (Å²) in [6.45, 7) is 0. The van der Waals surface area contributed by atoms with E-state index < -0.39 is 23.8 Å². The fourth-order valence-corrected chi connectivity index (χ4v) is 1.36. The van der Waals surface area contributed by atoms with Crippen molar-refractivity contribution < 1.29 is 14.4 Å². The van der Waals surface area contributed by atoms with Crippen molar-refractivity contribution in [3.8, 4) is 0 Å². The van der Waals surface area contributed by atoms with E-state index in [1.807, 2.05) is 0 Å². The van der Waals surface area contributed by atoms with Crippen molar-refractivity contribution in [2.24, 2.45) is 11.5 Å². The lowest BCUT2D eigenvalue weighted by atomic mass is 9.90. The van der Waals surface area contributed by atoms with Crippen molar-refractivity contribution in [3.05, 3.63) is 18.0 Å². The summed E-state index contributed by atoms with van der Waals surface area (Å²) in [5.74, 6) is -1.69. The zero-order valence-corrected chi connectivity index (χ0v) is 8.27. The lowest BCUT2D eigenvalue weighted by Gasteiger charge is -2.26. The molecule has 8 nitrogen and oxygen atoms in total. The van der Waals surface area contributed by atoms with Crippen LogP contribution in [0.4, 0.5) is 0 Å². The van der Waals surface area contributed by atoms with Gasteiger partial charge in [-0.3, -0.25) is 19.5 Å². The molecule has 86 valence electrons. The summed E-state index contributed by atoms with van der Waals surface area (Å²) in [5, 5.41) is 8.37. The van der Waals surface area contributed by atoms with Crippen LogP contribution >= 0.6 is 0 Å². The third-order valence-corrected chi connectivity index (χ3v) is 2.10. The number of carbonyl (C=O) groups is 3. The van der Waals surface area contributed by atoms with Crippen molar-refractivity contribution >= 4 is 18.2 Å². The second kappa shape index (κ2) is 4.43. The van der Waals surface area contributed by atoms with E-state index in [1.165, 1.54) is 12.3 Å². The number of amides is 3. The zero-order chi connectivity index (χ0) is 12.2. The van der Waals surface area contributed by atoms with Crippen molar-refractivity contribution in [3.63, 3.8) is 0 Å². The van der Waals surface area contributed by atoms with Gasteiger partial charge >= 0.3 is 0 Å². The van der Waals surface area contributed by atoms with Crippen molar-refractivity contribution in [1.82, 2.24) is 15.5 Å². The molecule has 0 aliphatic heterocycles. The SMILES string of the molecule is NC(=O)CC(NC=O)(C(N)=O)c1cc[nH]n1. The fourth-order valence-electron chi connectivity index (χ4n) is 1.36. The van der Waals surface area contributed by atoms with Crippen molar-refractivity contribution in [2.75, 3.05) is 0 Å². The number of rotatable bonds is 6. The third-order valence-electron chi connectivity index (χ3n) is 2.10. The van der Waals surface area contributed by atoms with Crippen LogP contribution in [0.2, 0.25) is 0 Å². The maximum Gasteiger partial charge on any atom is 0.250 e. The Labute approximate surface area is 90.4 Å². The lowest BCUT2D eigenvalue weighted by molar-refractivity contribution is -0.132. The molecular formula is C8H11N5O3. The van der Waals surface area contributed by atoms with Gasteiger partial charge in [0, 0.05) is 6.20 Å². The monoisotopic (exact) mass is 225 g/mol. The van der Waals surface area contributed by atoms with Crippen LogP contribution in [0.3, 0.4) is 0 Å². The molecular weight excluding hydrogens is 214 g/mol. The molecule has 0 spiro atoms. The number of aromatic amines is 1. The molecule has 1 unspecified atom stereocenters. The van der Waals surface area contributed by atoms with Crippen LogP contribution in [0.15, 0.2) is 12.3 Å². The number of hydrogen-bond acceptors (Lipinski definition) is 4. The van der Waals surface area contributed by atoms with Gasteiger partial charge < -0.3 is 16.8 Å². The molecule has 0 fully saturated rings. The molecule has 1 rings (SSSR count). The van der Waals surface area contributed by atoms with E-state index in [0.29, 0.717) is 0 Å². The molecule has 1 aromatic rings. The maximum atomic E-state index is 11.4. The molecule has 0 bridgehead atoms. The van der Waals surface area contributed by atoms with Gasteiger partial charge in [-0.2, -0.15) is 5.10 Å². The molecule has 1 heterocycles. The highest BCUT2D eigenvalue weighted by Crippen LogP contribution is 2.22. The number of nitrogens with one attached hydrogen (secondary N) is 2. The molecule has 0 aromatic carbocycles. The number of nitrogens with zero attached hydrogens (tertiary/aromatic N) is 1. The van der Waals surface area contributed by atoms with Gasteiger partial charge in [0.05, 0.1) is 12.1 Å². The Morgan fingerprint density at radius 3 is 2.62 bits per heavy atom. The fraction of sp³-hybridized carbons (Fsp3) is 0.250. The van der Waals surface area contributed by atoms with Gasteiger partial charge in [-0.15, -0.1) is 0 Å². The summed E-state index contributed by atoms with van der Waals surface area (Å²) in [7, 11) is 0. The summed E-state index contributed by atoms with van der Waals surface area (Å²) in [6, 6.07) is 1.42. The number of H-pyrrole nitrogens is 1. The second-order valence-electron chi connectivity index (χ2n) is 3.13. The molecule has 0 aliphatic carbocycles. The average Bonchev–Trinajstić information content (AvgIpc) is 2.68. The Morgan fingerprint density at radius 1 is 1.56 bits per heavy atom. The molecule has 8 heteroatoms. The van der Waals surface area contributed by atoms with Gasteiger partial charge in [0.15, 0.2) is 5.54 Å². The molecule has 6 N–H and O–H groups in total. The van der Waals surface area contributed by atoms with Crippen LogP contribution in [-0.2, 0) is 19.9 Å². The van der Waals surface area contributed by atoms with Gasteiger partial charge in [0.25, 0.3) is 0 Å². The van der Waals surface area contributed by atoms with Crippen LogP contribution in [0.25, 0.3) is 0 Å². The van der Waals surface area contributed by atoms with E-state index in [4.69, 9.17) is 11.5 Å². The Hall–Kier alpha value is -2.38. The van der Waals surface area contributed by atoms with Crippen LogP contribution in [0.1, 0.15) is 12.1 Å². The molecule has 0 radical (unpaired) electrons. The molecule has 16 heavy (non-hydrogen) atoms. The quantitative estimate of drug-likeness (QED) is 0.404. The Balaban J connectivity index is 3.21. The first-order valence-electron chi connectivity index (χ1n) is 4.32. The number of nitrogens with two attached hydrogens (primary N) is 2. The number of primary amides is 2. The molecule has 0 aliphatic rings. The van der Waals surface area contributed by atoms with Gasteiger partial charge in [-0.1, -0.05) is 0 Å². The van der Waals surface area contributed by atoms with E-state index in [2.05, 4.69) is 15.5 Å². The summed E-state index contributed by atoms with van der Waals surface area (Å²) < 4.78 is 0. The molecule has 3 amide bonds. The molecule has 0 saturated heterocycles. The zero-order valence-electron chi connectivity index (χ0n) is 8.27. The highest BCUT2D eigenvalue weighted by atomic mass is 16.2. The van der Waals surface area contributed by atoms with Crippen LogP contribution < -0.4 is 16.8 Å². The summed E-state index contributed by atoms with van der Waals surface area (Å²) in [6.07, 6.45) is 1.24. The molecule has 0 saturated carbocycles. The van der Waals surface area contributed by atoms with Crippen LogP contribution in [0.5, 0.6) is 0 Å². The lowest BCUT2D eigenvalue weighted by Crippen LogP contribution is -2.54. The molecule has 1 atom stereocenters. The van der Waals surface area contributed by atoms with Gasteiger partial charge in [-0.25, -0.2) is 0 Å². The minimum atomic E-state index is -1.70. The second-order valence-corrected chi connectivity index (χ2v) is 3.13. The van der Waals surface area contributed by atoms with Crippen molar-refractivity contribution in [2.45, 2.75) is 12.0 Å². The predicted molar refractivity (Wildman–Crippen MR) is 52.5 cm³/mol. The average molecular weight is 225 g/mol. The van der Waals surface area contributed by atoms with E-state index in [1.54, 1.807) is 0 Å². The van der Waals surface area contributed by atoms with Crippen LogP contribution in [-0.4, -0.2) is 28.4 Å². The smallest absolute Gasteiger partial charge is 0.250 e. The first-order valence-corrected chi connectivity index (χ1v) is 4.32. The normalized spacial score (nSPS) is 13.8. The molecule has 1 aromatic heterocycles. The first-order chi connectivity index (χ1) is 7.53.